The van der Waals surface area contributed by atoms with Crippen LogP contribution in [0.4, 0.5) is 0 Å². The van der Waals surface area contributed by atoms with E-state index in [1.807, 2.05) is 60.8 Å². The predicted molar refractivity (Wildman–Crippen MR) is 132 cm³/mol. The number of nitrogens with zero attached hydrogens (tertiary/aromatic N) is 2. The number of fused-ring (bicyclic) bond motifs is 2. The van der Waals surface area contributed by atoms with Gasteiger partial charge in [0.2, 0.25) is 0 Å². The van der Waals surface area contributed by atoms with Crippen molar-refractivity contribution in [3.8, 4) is 5.75 Å². The fourth-order valence-electron chi connectivity index (χ4n) is 4.27. The Bertz CT molecular complexity index is 1620. The molecule has 0 amide bonds. The number of rotatable bonds is 5. The Morgan fingerprint density at radius 2 is 2.06 bits per heavy atom. The minimum atomic E-state index is -0.671. The third kappa shape index (κ3) is 3.66. The van der Waals surface area contributed by atoms with Crippen molar-refractivity contribution in [2.45, 2.75) is 19.9 Å². The smallest absolute Gasteiger partial charge is 0.338 e. The number of nitrogens with one attached hydrogen (secondary N) is 1. The van der Waals surface area contributed by atoms with E-state index in [0.29, 0.717) is 26.4 Å². The molecule has 34 heavy (non-hydrogen) atoms. The standard InChI is InChI=1S/C26H23N3O4S/c1-4-33-25(31)22-15(2)28-26-29(23(22)16-8-7-9-18(12-16)32-3)24(30)21(34-26)13-17-14-27-20-11-6-5-10-19(17)20/h5-14,23,27H,4H2,1-3H3/b21-13-/t23-/m0/s1. The van der Waals surface area contributed by atoms with Crippen molar-refractivity contribution in [3.05, 3.63) is 96.8 Å². The molecule has 0 saturated carbocycles. The third-order valence-corrected chi connectivity index (χ3v) is 6.82. The molecule has 1 aliphatic heterocycles. The second-order valence-electron chi connectivity index (χ2n) is 7.87. The van der Waals surface area contributed by atoms with Crippen LogP contribution in [0.5, 0.6) is 5.75 Å². The lowest BCUT2D eigenvalue weighted by molar-refractivity contribution is -0.139. The summed E-state index contributed by atoms with van der Waals surface area (Å²) in [4.78, 5) is 35.1. The molecule has 172 valence electrons. The second kappa shape index (κ2) is 8.79. The Morgan fingerprint density at radius 1 is 1.24 bits per heavy atom. The Hall–Kier alpha value is -3.91. The number of aromatic amines is 1. The lowest BCUT2D eigenvalue weighted by Crippen LogP contribution is -2.39. The summed E-state index contributed by atoms with van der Waals surface area (Å²) in [5.41, 5.74) is 3.33. The summed E-state index contributed by atoms with van der Waals surface area (Å²) in [6.07, 6.45) is 3.76. The zero-order valence-corrected chi connectivity index (χ0v) is 19.8. The zero-order chi connectivity index (χ0) is 23.8. The highest BCUT2D eigenvalue weighted by atomic mass is 32.1. The fraction of sp³-hybridized carbons (Fsp3) is 0.192. The van der Waals surface area contributed by atoms with Crippen molar-refractivity contribution in [1.82, 2.24) is 9.55 Å². The minimum absolute atomic E-state index is 0.212. The number of H-pyrrole nitrogens is 1. The van der Waals surface area contributed by atoms with Gasteiger partial charge in [-0.05, 0) is 43.7 Å². The summed E-state index contributed by atoms with van der Waals surface area (Å²) >= 11 is 1.30. The van der Waals surface area contributed by atoms with E-state index < -0.39 is 12.0 Å². The molecule has 4 aromatic rings. The maximum Gasteiger partial charge on any atom is 0.338 e. The first-order valence-corrected chi connectivity index (χ1v) is 11.7. The molecule has 2 aromatic heterocycles. The molecule has 0 aliphatic carbocycles. The zero-order valence-electron chi connectivity index (χ0n) is 19.0. The van der Waals surface area contributed by atoms with Crippen molar-refractivity contribution < 1.29 is 14.3 Å². The number of carbonyl (C=O) groups excluding carboxylic acids is 1. The first-order chi connectivity index (χ1) is 16.5. The van der Waals surface area contributed by atoms with Gasteiger partial charge in [-0.2, -0.15) is 0 Å². The van der Waals surface area contributed by atoms with E-state index in [1.165, 1.54) is 11.3 Å². The molecule has 3 heterocycles. The third-order valence-electron chi connectivity index (χ3n) is 5.83. The van der Waals surface area contributed by atoms with Gasteiger partial charge in [-0.3, -0.25) is 9.36 Å². The van der Waals surface area contributed by atoms with E-state index in [1.54, 1.807) is 25.5 Å². The number of allylic oxidation sites excluding steroid dienone is 1. The van der Waals surface area contributed by atoms with Gasteiger partial charge in [-0.15, -0.1) is 0 Å². The van der Waals surface area contributed by atoms with Crippen LogP contribution in [0, 0.1) is 0 Å². The summed E-state index contributed by atoms with van der Waals surface area (Å²) in [6.45, 7) is 3.76. The number of hydrogen-bond donors (Lipinski definition) is 1. The first kappa shape index (κ1) is 21.9. The molecule has 1 atom stereocenters. The highest BCUT2D eigenvalue weighted by Gasteiger charge is 2.33. The summed E-state index contributed by atoms with van der Waals surface area (Å²) in [6, 6.07) is 14.6. The first-order valence-electron chi connectivity index (χ1n) is 10.9. The van der Waals surface area contributed by atoms with Gasteiger partial charge in [0.05, 0.1) is 35.6 Å². The quantitative estimate of drug-likeness (QED) is 0.451. The molecule has 0 fully saturated rings. The number of hydrogen-bond acceptors (Lipinski definition) is 6. The Balaban J connectivity index is 1.75. The topological polar surface area (TPSA) is 85.7 Å². The molecule has 1 N–H and O–H groups in total. The van der Waals surface area contributed by atoms with Crippen LogP contribution in [0.25, 0.3) is 17.0 Å². The van der Waals surface area contributed by atoms with E-state index in [-0.39, 0.29) is 12.2 Å². The Kier molecular flexibility index (Phi) is 5.67. The minimum Gasteiger partial charge on any atom is -0.497 e. The van der Waals surface area contributed by atoms with Gasteiger partial charge in [0.15, 0.2) is 4.80 Å². The van der Waals surface area contributed by atoms with Crippen LogP contribution in [0.1, 0.15) is 31.0 Å². The molecule has 0 spiro atoms. The van der Waals surface area contributed by atoms with E-state index in [2.05, 4.69) is 9.98 Å². The fourth-order valence-corrected chi connectivity index (χ4v) is 5.31. The number of aromatic nitrogens is 2. The van der Waals surface area contributed by atoms with Crippen LogP contribution in [0.15, 0.2) is 75.8 Å². The van der Waals surface area contributed by atoms with Crippen molar-refractivity contribution >= 4 is 34.3 Å². The molecule has 0 saturated heterocycles. The normalized spacial score (nSPS) is 15.9. The Morgan fingerprint density at radius 3 is 2.85 bits per heavy atom. The number of benzene rings is 2. The van der Waals surface area contributed by atoms with E-state index in [4.69, 9.17) is 9.47 Å². The lowest BCUT2D eigenvalue weighted by atomic mass is 9.95. The second-order valence-corrected chi connectivity index (χ2v) is 8.88. The van der Waals surface area contributed by atoms with Gasteiger partial charge >= 0.3 is 5.97 Å². The molecule has 7 nitrogen and oxygen atoms in total. The van der Waals surface area contributed by atoms with Gasteiger partial charge in [-0.25, -0.2) is 9.79 Å². The number of esters is 1. The number of carbonyl (C=O) groups is 1. The lowest BCUT2D eigenvalue weighted by Gasteiger charge is -2.24. The molecular formula is C26H23N3O4S. The van der Waals surface area contributed by atoms with Gasteiger partial charge < -0.3 is 14.5 Å². The number of ether oxygens (including phenoxy) is 2. The molecule has 8 heteroatoms. The largest absolute Gasteiger partial charge is 0.497 e. The van der Waals surface area contributed by atoms with Gasteiger partial charge in [-0.1, -0.05) is 41.7 Å². The van der Waals surface area contributed by atoms with Gasteiger partial charge in [0, 0.05) is 22.7 Å². The van der Waals surface area contributed by atoms with Gasteiger partial charge in [0.1, 0.15) is 5.75 Å². The average molecular weight is 474 g/mol. The highest BCUT2D eigenvalue weighted by Crippen LogP contribution is 2.32. The maximum atomic E-state index is 13.7. The maximum absolute atomic E-state index is 13.7. The summed E-state index contributed by atoms with van der Waals surface area (Å²) in [7, 11) is 1.58. The van der Waals surface area contributed by atoms with Gasteiger partial charge in [0.25, 0.3) is 5.56 Å². The number of para-hydroxylation sites is 1. The number of methoxy groups -OCH3 is 1. The van der Waals surface area contributed by atoms with Crippen molar-refractivity contribution in [1.29, 1.82) is 0 Å². The summed E-state index contributed by atoms with van der Waals surface area (Å²) in [5, 5.41) is 1.03. The molecule has 0 bridgehead atoms. The Labute approximate surface area is 199 Å². The average Bonchev–Trinajstić information content (AvgIpc) is 3.39. The van der Waals surface area contributed by atoms with Crippen LogP contribution < -0.4 is 19.6 Å². The van der Waals surface area contributed by atoms with Crippen molar-refractivity contribution in [2.24, 2.45) is 4.99 Å². The highest BCUT2D eigenvalue weighted by molar-refractivity contribution is 7.07. The van der Waals surface area contributed by atoms with Crippen LogP contribution in [0.2, 0.25) is 0 Å². The molecule has 1 aliphatic rings. The number of thiazole rings is 1. The van der Waals surface area contributed by atoms with Crippen LogP contribution in [-0.2, 0) is 9.53 Å². The molecular weight excluding hydrogens is 450 g/mol. The van der Waals surface area contributed by atoms with Crippen LogP contribution in [-0.4, -0.2) is 29.2 Å². The predicted octanol–water partition coefficient (Wildman–Crippen LogP) is 3.29. The van der Waals surface area contributed by atoms with Crippen molar-refractivity contribution in [3.63, 3.8) is 0 Å². The van der Waals surface area contributed by atoms with Crippen LogP contribution in [0.3, 0.4) is 0 Å². The monoisotopic (exact) mass is 473 g/mol. The molecule has 0 radical (unpaired) electrons. The van der Waals surface area contributed by atoms with E-state index in [0.717, 1.165) is 22.0 Å². The van der Waals surface area contributed by atoms with Crippen LogP contribution >= 0.6 is 11.3 Å². The summed E-state index contributed by atoms with van der Waals surface area (Å²) < 4.78 is 12.9. The molecule has 5 rings (SSSR count). The van der Waals surface area contributed by atoms with E-state index >= 15 is 0 Å². The summed E-state index contributed by atoms with van der Waals surface area (Å²) in [5.74, 6) is 0.152. The van der Waals surface area contributed by atoms with Crippen molar-refractivity contribution in [2.75, 3.05) is 13.7 Å². The SMILES string of the molecule is CCOC(=O)C1=C(C)N=c2s/c(=C\c3c[nH]c4ccccc34)c(=O)n2[C@H]1c1cccc(OC)c1. The molecule has 0 unspecified atom stereocenters. The molecule has 2 aromatic carbocycles. The van der Waals surface area contributed by atoms with E-state index in [9.17, 15) is 9.59 Å².